The van der Waals surface area contributed by atoms with E-state index in [1.807, 2.05) is 19.3 Å². The molecule has 0 saturated heterocycles. The van der Waals surface area contributed by atoms with Gasteiger partial charge < -0.3 is 0 Å². The molecule has 0 spiro atoms. The van der Waals surface area contributed by atoms with Crippen LogP contribution in [0.2, 0.25) is 0 Å². The minimum absolute atomic E-state index is 0.275. The van der Waals surface area contributed by atoms with E-state index in [-0.39, 0.29) is 5.91 Å². The van der Waals surface area contributed by atoms with E-state index in [4.69, 9.17) is 5.84 Å². The maximum absolute atomic E-state index is 10.1. The Morgan fingerprint density at radius 3 is 2.11 bits per heavy atom. The second kappa shape index (κ2) is 10.2. The fourth-order valence-corrected chi connectivity index (χ4v) is 0.199. The molecule has 3 N–H and O–H groups in total. The summed E-state index contributed by atoms with van der Waals surface area (Å²) in [7, 11) is 0. The van der Waals surface area contributed by atoms with Gasteiger partial charge in [-0.15, -0.1) is 0 Å². The average Bonchev–Trinajstić information content (AvgIpc) is 1.93. The van der Waals surface area contributed by atoms with Gasteiger partial charge in [-0.05, 0) is 13.0 Å². The molecule has 0 aromatic heterocycles. The Bertz CT molecular complexity index is 89.1. The standard InChI is InChI=1S/C4H8N2O.C2H6/c1-2-3-4(7)6-5;1-2/h2-3H,5H2,1H3,(H,6,7);1-2H3/b3-2-;. The Morgan fingerprint density at radius 1 is 1.56 bits per heavy atom. The smallest absolute Gasteiger partial charge is 0.257 e. The summed E-state index contributed by atoms with van der Waals surface area (Å²) in [5.41, 5.74) is 1.94. The maximum atomic E-state index is 10.1. The molecule has 0 unspecified atom stereocenters. The third-order valence-corrected chi connectivity index (χ3v) is 0.460. The number of rotatable bonds is 1. The predicted octanol–water partition coefficient (Wildman–Crippen LogP) is 0.579. The van der Waals surface area contributed by atoms with E-state index < -0.39 is 0 Å². The molecule has 0 aliphatic carbocycles. The van der Waals surface area contributed by atoms with Gasteiger partial charge >= 0.3 is 0 Å². The normalized spacial score (nSPS) is 8.00. The van der Waals surface area contributed by atoms with Crippen LogP contribution in [-0.2, 0) is 4.79 Å². The first-order chi connectivity index (χ1) is 4.31. The molecule has 9 heavy (non-hydrogen) atoms. The molecule has 0 radical (unpaired) electrons. The van der Waals surface area contributed by atoms with Crippen molar-refractivity contribution in [3.05, 3.63) is 12.2 Å². The summed E-state index contributed by atoms with van der Waals surface area (Å²) in [6, 6.07) is 0. The molecule has 0 aliphatic rings. The van der Waals surface area contributed by atoms with Crippen molar-refractivity contribution in [3.63, 3.8) is 0 Å². The van der Waals surface area contributed by atoms with E-state index in [1.165, 1.54) is 6.08 Å². The fraction of sp³-hybridized carbons (Fsp3) is 0.500. The van der Waals surface area contributed by atoms with Gasteiger partial charge in [-0.3, -0.25) is 10.2 Å². The van der Waals surface area contributed by atoms with Gasteiger partial charge in [-0.25, -0.2) is 5.84 Å². The van der Waals surface area contributed by atoms with Gasteiger partial charge in [0.1, 0.15) is 0 Å². The van der Waals surface area contributed by atoms with Crippen LogP contribution in [-0.4, -0.2) is 5.91 Å². The summed E-state index contributed by atoms with van der Waals surface area (Å²) in [4.78, 5) is 10.1. The molecule has 3 heteroatoms. The number of carbonyl (C=O) groups excluding carboxylic acids is 1. The highest BCUT2D eigenvalue weighted by molar-refractivity contribution is 5.86. The second-order valence-corrected chi connectivity index (χ2v) is 1.01. The summed E-state index contributed by atoms with van der Waals surface area (Å²) in [6.45, 7) is 5.75. The lowest BCUT2D eigenvalue weighted by atomic mass is 10.5. The highest BCUT2D eigenvalue weighted by Gasteiger charge is 1.81. The third kappa shape index (κ3) is 11.0. The van der Waals surface area contributed by atoms with Crippen LogP contribution in [0.4, 0.5) is 0 Å². The number of hydrogen-bond acceptors (Lipinski definition) is 2. The highest BCUT2D eigenvalue weighted by atomic mass is 16.2. The zero-order chi connectivity index (χ0) is 7.70. The van der Waals surface area contributed by atoms with E-state index in [1.54, 1.807) is 13.0 Å². The van der Waals surface area contributed by atoms with Crippen molar-refractivity contribution >= 4 is 5.91 Å². The van der Waals surface area contributed by atoms with E-state index in [9.17, 15) is 4.79 Å². The summed E-state index contributed by atoms with van der Waals surface area (Å²) >= 11 is 0. The number of allylic oxidation sites excluding steroid dienone is 1. The van der Waals surface area contributed by atoms with Gasteiger partial charge in [-0.1, -0.05) is 19.9 Å². The van der Waals surface area contributed by atoms with E-state index in [0.717, 1.165) is 0 Å². The number of hydrogen-bond donors (Lipinski definition) is 2. The lowest BCUT2D eigenvalue weighted by molar-refractivity contribution is -0.116. The first-order valence-electron chi connectivity index (χ1n) is 2.94. The molecular formula is C6H14N2O. The van der Waals surface area contributed by atoms with E-state index >= 15 is 0 Å². The fourth-order valence-electron chi connectivity index (χ4n) is 0.199. The maximum Gasteiger partial charge on any atom is 0.257 e. The van der Waals surface area contributed by atoms with Crippen LogP contribution >= 0.6 is 0 Å². The number of carbonyl (C=O) groups is 1. The molecule has 0 atom stereocenters. The quantitative estimate of drug-likeness (QED) is 0.236. The van der Waals surface area contributed by atoms with Crippen molar-refractivity contribution in [1.82, 2.24) is 5.43 Å². The zero-order valence-electron chi connectivity index (χ0n) is 6.14. The minimum atomic E-state index is -0.275. The first kappa shape index (κ1) is 11.0. The molecule has 0 heterocycles. The largest absolute Gasteiger partial charge is 0.291 e. The summed E-state index contributed by atoms with van der Waals surface area (Å²) in [5, 5.41) is 0. The van der Waals surface area contributed by atoms with E-state index in [0.29, 0.717) is 0 Å². The average molecular weight is 130 g/mol. The number of nitrogens with one attached hydrogen (secondary N) is 1. The Morgan fingerprint density at radius 2 is 2.00 bits per heavy atom. The molecule has 54 valence electrons. The molecule has 1 amide bonds. The summed E-state index contributed by atoms with van der Waals surface area (Å²) in [5.74, 6) is 4.43. The topological polar surface area (TPSA) is 55.1 Å². The van der Waals surface area contributed by atoms with E-state index in [2.05, 4.69) is 0 Å². The van der Waals surface area contributed by atoms with Crippen molar-refractivity contribution in [3.8, 4) is 0 Å². The molecule has 0 aliphatic heterocycles. The van der Waals surface area contributed by atoms with Gasteiger partial charge in [0.05, 0.1) is 0 Å². The molecular weight excluding hydrogens is 116 g/mol. The Labute approximate surface area is 55.9 Å². The predicted molar refractivity (Wildman–Crippen MR) is 38.5 cm³/mol. The van der Waals surface area contributed by atoms with Crippen LogP contribution < -0.4 is 11.3 Å². The Kier molecular flexibility index (Phi) is 12.5. The van der Waals surface area contributed by atoms with Gasteiger partial charge in [0.2, 0.25) is 0 Å². The van der Waals surface area contributed by atoms with Crippen molar-refractivity contribution < 1.29 is 4.79 Å². The van der Waals surface area contributed by atoms with Crippen LogP contribution in [0.15, 0.2) is 12.2 Å². The Balaban J connectivity index is 0. The molecule has 0 rings (SSSR count). The van der Waals surface area contributed by atoms with Gasteiger partial charge in [0.25, 0.3) is 5.91 Å². The number of hydrazine groups is 1. The molecule has 0 aromatic rings. The molecule has 0 saturated carbocycles. The third-order valence-electron chi connectivity index (χ3n) is 0.460. The lowest BCUT2D eigenvalue weighted by Crippen LogP contribution is -2.27. The van der Waals surface area contributed by atoms with Gasteiger partial charge in [-0.2, -0.15) is 0 Å². The summed E-state index contributed by atoms with van der Waals surface area (Å²) in [6.07, 6.45) is 2.96. The molecule has 0 aromatic carbocycles. The van der Waals surface area contributed by atoms with Crippen LogP contribution in [0.1, 0.15) is 20.8 Å². The van der Waals surface area contributed by atoms with Crippen LogP contribution in [0.25, 0.3) is 0 Å². The van der Waals surface area contributed by atoms with Gasteiger partial charge in [0, 0.05) is 0 Å². The van der Waals surface area contributed by atoms with Crippen molar-refractivity contribution in [2.24, 2.45) is 5.84 Å². The zero-order valence-corrected chi connectivity index (χ0v) is 6.14. The van der Waals surface area contributed by atoms with Crippen molar-refractivity contribution in [2.75, 3.05) is 0 Å². The van der Waals surface area contributed by atoms with Gasteiger partial charge in [0.15, 0.2) is 0 Å². The summed E-state index contributed by atoms with van der Waals surface area (Å²) < 4.78 is 0. The number of amides is 1. The lowest BCUT2D eigenvalue weighted by Gasteiger charge is -1.84. The first-order valence-corrected chi connectivity index (χ1v) is 2.94. The molecule has 3 nitrogen and oxygen atoms in total. The second-order valence-electron chi connectivity index (χ2n) is 1.01. The van der Waals surface area contributed by atoms with Crippen LogP contribution in [0, 0.1) is 0 Å². The monoisotopic (exact) mass is 130 g/mol. The highest BCUT2D eigenvalue weighted by Crippen LogP contribution is 1.65. The Hall–Kier alpha value is -0.830. The number of nitrogens with two attached hydrogens (primary N) is 1. The van der Waals surface area contributed by atoms with Crippen LogP contribution in [0.3, 0.4) is 0 Å². The molecule has 0 fully saturated rings. The van der Waals surface area contributed by atoms with Crippen molar-refractivity contribution in [1.29, 1.82) is 0 Å². The molecule has 0 bridgehead atoms. The van der Waals surface area contributed by atoms with Crippen LogP contribution in [0.5, 0.6) is 0 Å². The van der Waals surface area contributed by atoms with Crippen molar-refractivity contribution in [2.45, 2.75) is 20.8 Å². The SMILES string of the molecule is C/C=C\C(=O)NN.CC. The minimum Gasteiger partial charge on any atom is -0.291 e.